The Kier molecular flexibility index (Phi) is 3.43. The van der Waals surface area contributed by atoms with E-state index in [-0.39, 0.29) is 10.8 Å². The first-order valence-electron chi connectivity index (χ1n) is 6.52. The number of rotatable bonds is 3. The Balaban J connectivity index is 1.74. The first kappa shape index (κ1) is 12.5. The van der Waals surface area contributed by atoms with Crippen molar-refractivity contribution in [3.8, 4) is 0 Å². The van der Waals surface area contributed by atoms with Crippen molar-refractivity contribution in [2.24, 2.45) is 0 Å². The Labute approximate surface area is 117 Å². The van der Waals surface area contributed by atoms with Gasteiger partial charge >= 0.3 is 0 Å². The molecular weight excluding hydrogens is 261 g/mol. The van der Waals surface area contributed by atoms with Crippen LogP contribution in [0.15, 0.2) is 36.4 Å². The van der Waals surface area contributed by atoms with E-state index in [4.69, 9.17) is 11.6 Å². The van der Waals surface area contributed by atoms with Gasteiger partial charge in [-0.3, -0.25) is 0 Å². The Morgan fingerprint density at radius 3 is 2.84 bits per heavy atom. The lowest BCUT2D eigenvalue weighted by atomic mass is 10.1. The van der Waals surface area contributed by atoms with Crippen molar-refractivity contribution in [2.75, 3.05) is 5.32 Å². The Morgan fingerprint density at radius 1 is 1.11 bits per heavy atom. The van der Waals surface area contributed by atoms with E-state index in [0.717, 1.165) is 17.7 Å². The molecule has 2 aromatic rings. The molecule has 0 saturated carbocycles. The van der Waals surface area contributed by atoms with Gasteiger partial charge in [-0.2, -0.15) is 0 Å². The number of hydrogen-bond acceptors (Lipinski definition) is 1. The zero-order chi connectivity index (χ0) is 13.2. The van der Waals surface area contributed by atoms with E-state index in [0.29, 0.717) is 6.54 Å². The predicted molar refractivity (Wildman–Crippen MR) is 77.2 cm³/mol. The lowest BCUT2D eigenvalue weighted by molar-refractivity contribution is 0.626. The van der Waals surface area contributed by atoms with Crippen LogP contribution in [0.25, 0.3) is 0 Å². The van der Waals surface area contributed by atoms with Crippen LogP contribution in [-0.2, 0) is 19.4 Å². The van der Waals surface area contributed by atoms with Gasteiger partial charge in [0, 0.05) is 12.2 Å². The third-order valence-corrected chi connectivity index (χ3v) is 4.04. The van der Waals surface area contributed by atoms with E-state index in [9.17, 15) is 4.39 Å². The summed E-state index contributed by atoms with van der Waals surface area (Å²) >= 11 is 5.94. The average Bonchev–Trinajstić information content (AvgIpc) is 2.88. The number of nitrogens with one attached hydrogen (secondary N) is 1. The lowest BCUT2D eigenvalue weighted by Crippen LogP contribution is -2.01. The Bertz CT molecular complexity index is 610. The van der Waals surface area contributed by atoms with Crippen molar-refractivity contribution in [2.45, 2.75) is 25.8 Å². The molecule has 1 aliphatic carbocycles. The summed E-state index contributed by atoms with van der Waals surface area (Å²) in [5.41, 5.74) is 4.73. The zero-order valence-electron chi connectivity index (χ0n) is 10.5. The van der Waals surface area contributed by atoms with E-state index >= 15 is 0 Å². The van der Waals surface area contributed by atoms with Crippen molar-refractivity contribution in [1.82, 2.24) is 0 Å². The van der Waals surface area contributed by atoms with Crippen LogP contribution in [-0.4, -0.2) is 0 Å². The number of halogens is 2. The van der Waals surface area contributed by atoms with Crippen LogP contribution in [0.4, 0.5) is 10.1 Å². The number of anilines is 1. The molecule has 19 heavy (non-hydrogen) atoms. The van der Waals surface area contributed by atoms with Crippen LogP contribution in [0.1, 0.15) is 23.1 Å². The SMILES string of the molecule is Fc1cccc(CNc2ccc3c(c2)CCC3)c1Cl. The highest BCUT2D eigenvalue weighted by molar-refractivity contribution is 6.31. The third-order valence-electron chi connectivity index (χ3n) is 3.61. The molecule has 0 aliphatic heterocycles. The van der Waals surface area contributed by atoms with Crippen LogP contribution < -0.4 is 5.32 Å². The van der Waals surface area contributed by atoms with Crippen LogP contribution in [0.5, 0.6) is 0 Å². The summed E-state index contributed by atoms with van der Waals surface area (Å²) in [6.45, 7) is 0.537. The first-order valence-corrected chi connectivity index (χ1v) is 6.90. The number of hydrogen-bond donors (Lipinski definition) is 1. The molecule has 3 heteroatoms. The average molecular weight is 276 g/mol. The molecule has 0 atom stereocenters. The fourth-order valence-corrected chi connectivity index (χ4v) is 2.76. The minimum absolute atomic E-state index is 0.205. The van der Waals surface area contributed by atoms with Crippen molar-refractivity contribution < 1.29 is 4.39 Å². The summed E-state index contributed by atoms with van der Waals surface area (Å²) < 4.78 is 13.3. The molecule has 98 valence electrons. The lowest BCUT2D eigenvalue weighted by Gasteiger charge is -2.10. The van der Waals surface area contributed by atoms with Gasteiger partial charge in [0.05, 0.1) is 5.02 Å². The maximum Gasteiger partial charge on any atom is 0.142 e. The van der Waals surface area contributed by atoms with E-state index in [1.54, 1.807) is 6.07 Å². The Hall–Kier alpha value is -1.54. The fourth-order valence-electron chi connectivity index (χ4n) is 2.56. The van der Waals surface area contributed by atoms with Gasteiger partial charge in [-0.1, -0.05) is 29.8 Å². The van der Waals surface area contributed by atoms with Crippen molar-refractivity contribution >= 4 is 17.3 Å². The number of fused-ring (bicyclic) bond motifs is 1. The molecular formula is C16H15ClFN. The summed E-state index contributed by atoms with van der Waals surface area (Å²) in [7, 11) is 0. The molecule has 0 fully saturated rings. The van der Waals surface area contributed by atoms with Crippen LogP contribution in [0.2, 0.25) is 5.02 Å². The second kappa shape index (κ2) is 5.22. The molecule has 0 unspecified atom stereocenters. The first-order chi connectivity index (χ1) is 9.24. The maximum atomic E-state index is 13.3. The van der Waals surface area contributed by atoms with E-state index in [1.165, 1.54) is 30.0 Å². The molecule has 2 aromatic carbocycles. The van der Waals surface area contributed by atoms with E-state index in [2.05, 4.69) is 23.5 Å². The summed E-state index contributed by atoms with van der Waals surface area (Å²) in [6.07, 6.45) is 3.59. The summed E-state index contributed by atoms with van der Waals surface area (Å²) in [5, 5.41) is 3.51. The van der Waals surface area contributed by atoms with Crippen LogP contribution in [0.3, 0.4) is 0 Å². The molecule has 1 aliphatic rings. The summed E-state index contributed by atoms with van der Waals surface area (Å²) in [6, 6.07) is 11.3. The molecule has 3 rings (SSSR count). The van der Waals surface area contributed by atoms with E-state index < -0.39 is 0 Å². The molecule has 1 nitrogen and oxygen atoms in total. The molecule has 0 amide bonds. The number of aryl methyl sites for hydroxylation is 2. The minimum Gasteiger partial charge on any atom is -0.381 e. The van der Waals surface area contributed by atoms with Gasteiger partial charge < -0.3 is 5.32 Å². The quantitative estimate of drug-likeness (QED) is 0.864. The molecule has 0 spiro atoms. The molecule has 0 radical (unpaired) electrons. The fraction of sp³-hybridized carbons (Fsp3) is 0.250. The third kappa shape index (κ3) is 2.59. The van der Waals surface area contributed by atoms with Crippen molar-refractivity contribution in [3.63, 3.8) is 0 Å². The van der Waals surface area contributed by atoms with Crippen molar-refractivity contribution in [1.29, 1.82) is 0 Å². The topological polar surface area (TPSA) is 12.0 Å². The number of benzene rings is 2. The molecule has 1 N–H and O–H groups in total. The van der Waals surface area contributed by atoms with Gasteiger partial charge in [-0.05, 0) is 54.2 Å². The van der Waals surface area contributed by atoms with Gasteiger partial charge in [0.2, 0.25) is 0 Å². The molecule has 0 heterocycles. The monoisotopic (exact) mass is 275 g/mol. The zero-order valence-corrected chi connectivity index (χ0v) is 11.3. The van der Waals surface area contributed by atoms with Gasteiger partial charge in [0.1, 0.15) is 5.82 Å². The Morgan fingerprint density at radius 2 is 1.95 bits per heavy atom. The van der Waals surface area contributed by atoms with Crippen LogP contribution >= 0.6 is 11.6 Å². The second-order valence-electron chi connectivity index (χ2n) is 4.90. The maximum absolute atomic E-state index is 13.3. The summed E-state index contributed by atoms with van der Waals surface area (Å²) in [5.74, 6) is -0.366. The van der Waals surface area contributed by atoms with E-state index in [1.807, 2.05) is 6.07 Å². The highest BCUT2D eigenvalue weighted by atomic mass is 35.5. The minimum atomic E-state index is -0.366. The summed E-state index contributed by atoms with van der Waals surface area (Å²) in [4.78, 5) is 0. The molecule has 0 aromatic heterocycles. The highest BCUT2D eigenvalue weighted by Gasteiger charge is 2.11. The van der Waals surface area contributed by atoms with Gasteiger partial charge in [0.15, 0.2) is 0 Å². The van der Waals surface area contributed by atoms with Gasteiger partial charge in [0.25, 0.3) is 0 Å². The predicted octanol–water partition coefficient (Wildman–Crippen LogP) is 4.58. The van der Waals surface area contributed by atoms with Crippen molar-refractivity contribution in [3.05, 3.63) is 63.9 Å². The second-order valence-corrected chi connectivity index (χ2v) is 5.28. The molecule has 0 saturated heterocycles. The molecule has 0 bridgehead atoms. The smallest absolute Gasteiger partial charge is 0.142 e. The van der Waals surface area contributed by atoms with Crippen LogP contribution in [0, 0.1) is 5.82 Å². The van der Waals surface area contributed by atoms with Gasteiger partial charge in [-0.15, -0.1) is 0 Å². The normalized spacial score (nSPS) is 13.4. The highest BCUT2D eigenvalue weighted by Crippen LogP contribution is 2.26. The van der Waals surface area contributed by atoms with Gasteiger partial charge in [-0.25, -0.2) is 4.39 Å². The largest absolute Gasteiger partial charge is 0.381 e. The standard InChI is InChI=1S/C16H15ClFN/c17-16-13(5-2-6-15(16)18)10-19-14-8-7-11-3-1-4-12(11)9-14/h2,5-9,19H,1,3-4,10H2.